The van der Waals surface area contributed by atoms with E-state index in [0.717, 1.165) is 19.3 Å². The molecule has 114 valence electrons. The minimum absolute atomic E-state index is 0.199. The summed E-state index contributed by atoms with van der Waals surface area (Å²) >= 11 is 1.84. The summed E-state index contributed by atoms with van der Waals surface area (Å²) in [4.78, 5) is 23.1. The highest BCUT2D eigenvalue weighted by atomic mass is 32.2. The van der Waals surface area contributed by atoms with Crippen molar-refractivity contribution in [1.29, 1.82) is 0 Å². The number of hydrogen-bond donors (Lipinski definition) is 3. The first-order valence-corrected chi connectivity index (χ1v) is 8.23. The molecule has 0 radical (unpaired) electrons. The Hall–Kier alpha value is -1.69. The van der Waals surface area contributed by atoms with E-state index < -0.39 is 5.97 Å². The summed E-state index contributed by atoms with van der Waals surface area (Å²) < 4.78 is 0. The van der Waals surface area contributed by atoms with E-state index >= 15 is 0 Å². The lowest BCUT2D eigenvalue weighted by molar-refractivity contribution is 0.0696. The van der Waals surface area contributed by atoms with Crippen molar-refractivity contribution in [3.05, 3.63) is 29.3 Å². The lowest BCUT2D eigenvalue weighted by Gasteiger charge is -2.15. The van der Waals surface area contributed by atoms with E-state index in [1.165, 1.54) is 6.07 Å². The number of amides is 2. The van der Waals surface area contributed by atoms with E-state index in [0.29, 0.717) is 16.5 Å². The highest BCUT2D eigenvalue weighted by molar-refractivity contribution is 7.99. The zero-order valence-corrected chi connectivity index (χ0v) is 13.0. The van der Waals surface area contributed by atoms with Crippen LogP contribution in [-0.4, -0.2) is 34.7 Å². The summed E-state index contributed by atoms with van der Waals surface area (Å²) in [6.07, 6.45) is 5.20. The quantitative estimate of drug-likeness (QED) is 0.798. The maximum absolute atomic E-state index is 12.0. The fourth-order valence-electron chi connectivity index (χ4n) is 2.63. The maximum Gasteiger partial charge on any atom is 0.336 e. The van der Waals surface area contributed by atoms with Gasteiger partial charge in [-0.1, -0.05) is 6.07 Å². The third-order valence-corrected chi connectivity index (χ3v) is 4.96. The molecule has 1 aliphatic rings. The molecule has 0 spiro atoms. The number of hydrogen-bond acceptors (Lipinski definition) is 3. The molecule has 0 aliphatic heterocycles. The van der Waals surface area contributed by atoms with Gasteiger partial charge in [0.1, 0.15) is 0 Å². The predicted molar refractivity (Wildman–Crippen MR) is 85.2 cm³/mol. The topological polar surface area (TPSA) is 78.4 Å². The van der Waals surface area contributed by atoms with Gasteiger partial charge in [0.05, 0.1) is 5.56 Å². The fourth-order valence-corrected chi connectivity index (χ4v) is 3.43. The zero-order valence-electron chi connectivity index (χ0n) is 12.2. The van der Waals surface area contributed by atoms with Gasteiger partial charge in [0.2, 0.25) is 0 Å². The Kier molecular flexibility index (Phi) is 5.12. The van der Waals surface area contributed by atoms with Crippen LogP contribution in [0.5, 0.6) is 0 Å². The molecule has 0 saturated heterocycles. The zero-order chi connectivity index (χ0) is 15.4. The highest BCUT2D eigenvalue weighted by Gasteiger charge is 2.25. The van der Waals surface area contributed by atoms with Crippen molar-refractivity contribution in [2.75, 3.05) is 11.6 Å². The van der Waals surface area contributed by atoms with Crippen molar-refractivity contribution < 1.29 is 14.7 Å². The number of aromatic carboxylic acids is 1. The van der Waals surface area contributed by atoms with E-state index in [1.54, 1.807) is 19.1 Å². The molecule has 2 atom stereocenters. The third-order valence-electron chi connectivity index (χ3n) is 3.87. The van der Waals surface area contributed by atoms with Crippen molar-refractivity contribution in [1.82, 2.24) is 5.32 Å². The number of benzene rings is 1. The van der Waals surface area contributed by atoms with Crippen LogP contribution in [0.1, 0.15) is 35.2 Å². The van der Waals surface area contributed by atoms with Crippen molar-refractivity contribution in [2.45, 2.75) is 37.5 Å². The number of carboxylic acids is 1. The predicted octanol–water partition coefficient (Wildman–Crippen LogP) is 3.10. The van der Waals surface area contributed by atoms with Gasteiger partial charge in [-0.2, -0.15) is 11.8 Å². The Bertz CT molecular complexity index is 548. The molecule has 21 heavy (non-hydrogen) atoms. The number of nitrogens with one attached hydrogen (secondary N) is 2. The molecule has 1 aliphatic carbocycles. The summed E-state index contributed by atoms with van der Waals surface area (Å²) in [6, 6.07) is 4.80. The van der Waals surface area contributed by atoms with E-state index in [-0.39, 0.29) is 17.6 Å². The molecule has 0 heterocycles. The van der Waals surface area contributed by atoms with Gasteiger partial charge in [-0.15, -0.1) is 0 Å². The van der Waals surface area contributed by atoms with Crippen molar-refractivity contribution in [3.63, 3.8) is 0 Å². The number of rotatable bonds is 4. The summed E-state index contributed by atoms with van der Waals surface area (Å²) in [6.45, 7) is 1.69. The molecular formula is C15H20N2O3S. The average Bonchev–Trinajstić information content (AvgIpc) is 2.88. The molecule has 6 heteroatoms. The first-order chi connectivity index (χ1) is 10.0. The Balaban J connectivity index is 1.97. The molecule has 0 aromatic heterocycles. The summed E-state index contributed by atoms with van der Waals surface area (Å²) in [5.41, 5.74) is 1.30. The number of carbonyl (C=O) groups is 2. The number of anilines is 1. The minimum Gasteiger partial charge on any atom is -0.478 e. The molecule has 0 bridgehead atoms. The monoisotopic (exact) mass is 308 g/mol. The standard InChI is InChI=1S/C15H20N2O3S/c1-9-12(14(18)19)4-3-5-13(9)17-15(20)16-10-6-7-11(8-10)21-2/h3-5,10-11H,6-8H2,1-2H3,(H,18,19)(H2,16,17,20). The molecule has 2 unspecified atom stereocenters. The summed E-state index contributed by atoms with van der Waals surface area (Å²) in [5, 5.41) is 15.4. The van der Waals surface area contributed by atoms with Gasteiger partial charge in [0, 0.05) is 17.0 Å². The van der Waals surface area contributed by atoms with Crippen LogP contribution in [-0.2, 0) is 0 Å². The van der Waals surface area contributed by atoms with Crippen molar-refractivity contribution >= 4 is 29.4 Å². The largest absolute Gasteiger partial charge is 0.478 e. The van der Waals surface area contributed by atoms with Gasteiger partial charge in [0.15, 0.2) is 0 Å². The molecular weight excluding hydrogens is 288 g/mol. The summed E-state index contributed by atoms with van der Waals surface area (Å²) in [7, 11) is 0. The molecule has 1 fully saturated rings. The lowest BCUT2D eigenvalue weighted by Crippen LogP contribution is -2.36. The fraction of sp³-hybridized carbons (Fsp3) is 0.467. The van der Waals surface area contributed by atoms with Crippen LogP contribution in [0, 0.1) is 6.92 Å². The Morgan fingerprint density at radius 1 is 1.33 bits per heavy atom. The molecule has 1 aromatic rings. The highest BCUT2D eigenvalue weighted by Crippen LogP contribution is 2.28. The van der Waals surface area contributed by atoms with Crippen LogP contribution in [0.15, 0.2) is 18.2 Å². The lowest BCUT2D eigenvalue weighted by atomic mass is 10.1. The van der Waals surface area contributed by atoms with Crippen molar-refractivity contribution in [3.8, 4) is 0 Å². The van der Waals surface area contributed by atoms with Gasteiger partial charge in [-0.25, -0.2) is 9.59 Å². The number of urea groups is 1. The van der Waals surface area contributed by atoms with Crippen LogP contribution < -0.4 is 10.6 Å². The van der Waals surface area contributed by atoms with Crippen LogP contribution in [0.25, 0.3) is 0 Å². The van der Waals surface area contributed by atoms with Crippen molar-refractivity contribution in [2.24, 2.45) is 0 Å². The number of thioether (sulfide) groups is 1. The minimum atomic E-state index is -0.991. The molecule has 1 saturated carbocycles. The molecule has 3 N–H and O–H groups in total. The third kappa shape index (κ3) is 3.91. The van der Waals surface area contributed by atoms with Gasteiger partial charge in [0.25, 0.3) is 0 Å². The Labute approximate surface area is 128 Å². The van der Waals surface area contributed by atoms with Crippen LogP contribution in [0.3, 0.4) is 0 Å². The van der Waals surface area contributed by atoms with Crippen LogP contribution in [0.4, 0.5) is 10.5 Å². The smallest absolute Gasteiger partial charge is 0.336 e. The second kappa shape index (κ2) is 6.85. The van der Waals surface area contributed by atoms with Crippen LogP contribution >= 0.6 is 11.8 Å². The number of carboxylic acid groups (broad SMARTS) is 1. The first-order valence-electron chi connectivity index (χ1n) is 6.94. The van der Waals surface area contributed by atoms with E-state index in [2.05, 4.69) is 16.9 Å². The Morgan fingerprint density at radius 2 is 2.10 bits per heavy atom. The van der Waals surface area contributed by atoms with E-state index in [9.17, 15) is 9.59 Å². The Morgan fingerprint density at radius 3 is 2.71 bits per heavy atom. The van der Waals surface area contributed by atoms with Gasteiger partial charge >= 0.3 is 12.0 Å². The SMILES string of the molecule is CSC1CCC(NC(=O)Nc2cccc(C(=O)O)c2C)C1. The molecule has 2 amide bonds. The average molecular weight is 308 g/mol. The van der Waals surface area contributed by atoms with E-state index in [4.69, 9.17) is 5.11 Å². The van der Waals surface area contributed by atoms with E-state index in [1.807, 2.05) is 11.8 Å². The molecule has 2 rings (SSSR count). The van der Waals surface area contributed by atoms with Gasteiger partial charge in [-0.3, -0.25) is 0 Å². The second-order valence-electron chi connectivity index (χ2n) is 5.25. The molecule has 1 aromatic carbocycles. The normalized spacial score (nSPS) is 21.0. The van der Waals surface area contributed by atoms with Gasteiger partial charge in [-0.05, 0) is 50.1 Å². The molecule has 5 nitrogen and oxygen atoms in total. The summed E-state index contributed by atoms with van der Waals surface area (Å²) in [5.74, 6) is -0.991. The van der Waals surface area contributed by atoms with Crippen LogP contribution in [0.2, 0.25) is 0 Å². The van der Waals surface area contributed by atoms with Gasteiger partial charge < -0.3 is 15.7 Å². The number of carbonyl (C=O) groups excluding carboxylic acids is 1. The maximum atomic E-state index is 12.0. The first kappa shape index (κ1) is 15.7. The second-order valence-corrected chi connectivity index (χ2v) is 6.39.